The van der Waals surface area contributed by atoms with Crippen LogP contribution in [0.5, 0.6) is 0 Å². The first kappa shape index (κ1) is 13.1. The predicted molar refractivity (Wildman–Crippen MR) is 69.2 cm³/mol. The van der Waals surface area contributed by atoms with E-state index < -0.39 is 0 Å². The molecule has 1 saturated heterocycles. The third kappa shape index (κ3) is 3.85. The maximum atomic E-state index is 11.6. The molecule has 0 aromatic carbocycles. The van der Waals surface area contributed by atoms with Crippen LogP contribution in [0.4, 0.5) is 5.82 Å². The molecule has 0 spiro atoms. The van der Waals surface area contributed by atoms with Gasteiger partial charge in [-0.3, -0.25) is 4.79 Å². The number of nitrogens with zero attached hydrogens (tertiary/aromatic N) is 2. The molecule has 2 heterocycles. The Hall–Kier alpha value is -1.34. The van der Waals surface area contributed by atoms with E-state index in [1.54, 1.807) is 6.20 Å². The minimum absolute atomic E-state index is 0.0412. The van der Waals surface area contributed by atoms with Crippen LogP contribution in [0, 0.1) is 0 Å². The molecule has 3 N–H and O–H groups in total. The molecule has 1 aromatic rings. The van der Waals surface area contributed by atoms with Gasteiger partial charge in [0.25, 0.3) is 0 Å². The third-order valence-electron chi connectivity index (χ3n) is 2.58. The molecular formula is C11H16N4O2S. The van der Waals surface area contributed by atoms with Crippen molar-refractivity contribution in [2.75, 3.05) is 24.6 Å². The second kappa shape index (κ2) is 6.55. The molecule has 1 aliphatic heterocycles. The van der Waals surface area contributed by atoms with Gasteiger partial charge < -0.3 is 15.8 Å². The number of hydrogen-bond acceptors (Lipinski definition) is 6. The van der Waals surface area contributed by atoms with Crippen molar-refractivity contribution >= 4 is 23.5 Å². The van der Waals surface area contributed by atoms with Gasteiger partial charge in [0.2, 0.25) is 5.91 Å². The Morgan fingerprint density at radius 3 is 3.11 bits per heavy atom. The normalized spacial score (nSPS) is 18.8. The summed E-state index contributed by atoms with van der Waals surface area (Å²) in [6.07, 6.45) is 5.34. The van der Waals surface area contributed by atoms with Gasteiger partial charge in [0.1, 0.15) is 5.03 Å². The summed E-state index contributed by atoms with van der Waals surface area (Å²) in [5.74, 6) is 0.602. The minimum Gasteiger partial charge on any atom is -0.381 e. The van der Waals surface area contributed by atoms with E-state index in [1.807, 2.05) is 0 Å². The van der Waals surface area contributed by atoms with Crippen molar-refractivity contribution in [3.05, 3.63) is 12.4 Å². The molecule has 0 saturated carbocycles. The van der Waals surface area contributed by atoms with Crippen LogP contribution < -0.4 is 11.1 Å². The van der Waals surface area contributed by atoms with E-state index in [0.717, 1.165) is 19.4 Å². The summed E-state index contributed by atoms with van der Waals surface area (Å²) < 4.78 is 5.42. The van der Waals surface area contributed by atoms with E-state index >= 15 is 0 Å². The van der Waals surface area contributed by atoms with Crippen LogP contribution in [0.15, 0.2) is 17.4 Å². The average Bonchev–Trinajstić information content (AvgIpc) is 2.88. The first-order valence-corrected chi connectivity index (χ1v) is 6.82. The second-order valence-corrected chi connectivity index (χ2v) is 4.94. The molecule has 6 nitrogen and oxygen atoms in total. The Bertz CT molecular complexity index is 410. The summed E-state index contributed by atoms with van der Waals surface area (Å²) in [5.41, 5.74) is 5.63. The lowest BCUT2D eigenvalue weighted by Crippen LogP contribution is -2.32. The van der Waals surface area contributed by atoms with Crippen molar-refractivity contribution in [3.8, 4) is 0 Å². The zero-order valence-corrected chi connectivity index (χ0v) is 10.8. The highest BCUT2D eigenvalue weighted by Crippen LogP contribution is 2.19. The van der Waals surface area contributed by atoms with Gasteiger partial charge in [0, 0.05) is 25.5 Å². The van der Waals surface area contributed by atoms with Crippen LogP contribution in [-0.2, 0) is 9.53 Å². The fourth-order valence-corrected chi connectivity index (χ4v) is 2.37. The minimum atomic E-state index is -0.0412. The number of carbonyl (C=O) groups is 1. The van der Waals surface area contributed by atoms with Crippen molar-refractivity contribution < 1.29 is 9.53 Å². The van der Waals surface area contributed by atoms with Gasteiger partial charge >= 0.3 is 0 Å². The van der Waals surface area contributed by atoms with E-state index in [1.165, 1.54) is 18.0 Å². The van der Waals surface area contributed by atoms with Crippen LogP contribution >= 0.6 is 11.8 Å². The Labute approximate surface area is 110 Å². The molecule has 0 aliphatic carbocycles. The Morgan fingerprint density at radius 2 is 2.39 bits per heavy atom. The number of thioether (sulfide) groups is 1. The highest BCUT2D eigenvalue weighted by molar-refractivity contribution is 8.00. The number of carbonyl (C=O) groups excluding carboxylic acids is 1. The van der Waals surface area contributed by atoms with E-state index in [-0.39, 0.29) is 17.8 Å². The average molecular weight is 268 g/mol. The molecule has 2 rings (SSSR count). The maximum absolute atomic E-state index is 11.6. The number of nitrogens with one attached hydrogen (secondary N) is 1. The van der Waals surface area contributed by atoms with Crippen molar-refractivity contribution in [1.29, 1.82) is 0 Å². The molecule has 1 aromatic heterocycles. The number of hydrogen-bond donors (Lipinski definition) is 2. The Balaban J connectivity index is 1.69. The van der Waals surface area contributed by atoms with E-state index in [2.05, 4.69) is 15.3 Å². The number of rotatable bonds is 5. The fraction of sp³-hybridized carbons (Fsp3) is 0.545. The van der Waals surface area contributed by atoms with Gasteiger partial charge in [-0.2, -0.15) is 0 Å². The van der Waals surface area contributed by atoms with Gasteiger partial charge in [-0.05, 0) is 12.8 Å². The lowest BCUT2D eigenvalue weighted by atomic mass is 10.2. The zero-order chi connectivity index (χ0) is 12.8. The standard InChI is InChI=1S/C11H16N4O2S/c12-10-11(14-4-3-13-10)18-7-9(16)15-6-8-2-1-5-17-8/h3-4,8H,1-2,5-7H2,(H2,12,13)(H,15,16). The summed E-state index contributed by atoms with van der Waals surface area (Å²) in [6.45, 7) is 1.38. The third-order valence-corrected chi connectivity index (χ3v) is 3.58. The fourth-order valence-electron chi connectivity index (χ4n) is 1.67. The largest absolute Gasteiger partial charge is 0.381 e. The molecule has 18 heavy (non-hydrogen) atoms. The molecule has 98 valence electrons. The summed E-state index contributed by atoms with van der Waals surface area (Å²) in [5, 5.41) is 3.43. The number of anilines is 1. The van der Waals surface area contributed by atoms with Crippen LogP contribution in [0.2, 0.25) is 0 Å². The molecule has 1 unspecified atom stereocenters. The number of nitrogen functional groups attached to an aromatic ring is 1. The summed E-state index contributed by atoms with van der Waals surface area (Å²) in [6, 6.07) is 0. The molecule has 0 radical (unpaired) electrons. The van der Waals surface area contributed by atoms with Gasteiger partial charge in [0.05, 0.1) is 11.9 Å². The van der Waals surface area contributed by atoms with Crippen LogP contribution in [-0.4, -0.2) is 40.9 Å². The van der Waals surface area contributed by atoms with Crippen molar-refractivity contribution in [2.24, 2.45) is 0 Å². The number of ether oxygens (including phenoxy) is 1. The monoisotopic (exact) mass is 268 g/mol. The highest BCUT2D eigenvalue weighted by Gasteiger charge is 2.16. The van der Waals surface area contributed by atoms with Crippen LogP contribution in [0.25, 0.3) is 0 Å². The van der Waals surface area contributed by atoms with E-state index in [0.29, 0.717) is 17.4 Å². The van der Waals surface area contributed by atoms with E-state index in [9.17, 15) is 4.79 Å². The number of nitrogens with two attached hydrogens (primary N) is 1. The van der Waals surface area contributed by atoms with Gasteiger partial charge in [-0.1, -0.05) is 11.8 Å². The molecule has 7 heteroatoms. The second-order valence-electron chi connectivity index (χ2n) is 3.97. The molecule has 0 bridgehead atoms. The van der Waals surface area contributed by atoms with Crippen molar-refractivity contribution in [2.45, 2.75) is 24.0 Å². The lowest BCUT2D eigenvalue weighted by Gasteiger charge is -2.10. The van der Waals surface area contributed by atoms with Crippen LogP contribution in [0.1, 0.15) is 12.8 Å². The summed E-state index contributed by atoms with van der Waals surface area (Å²) >= 11 is 1.29. The number of aromatic nitrogens is 2. The quantitative estimate of drug-likeness (QED) is 0.753. The summed E-state index contributed by atoms with van der Waals surface area (Å²) in [7, 11) is 0. The van der Waals surface area contributed by atoms with Gasteiger partial charge in [-0.25, -0.2) is 9.97 Å². The zero-order valence-electron chi connectivity index (χ0n) is 9.96. The highest BCUT2D eigenvalue weighted by atomic mass is 32.2. The molecular weight excluding hydrogens is 252 g/mol. The smallest absolute Gasteiger partial charge is 0.230 e. The van der Waals surface area contributed by atoms with Gasteiger partial charge in [-0.15, -0.1) is 0 Å². The van der Waals surface area contributed by atoms with Gasteiger partial charge in [0.15, 0.2) is 5.82 Å². The molecule has 1 atom stereocenters. The molecule has 1 aliphatic rings. The molecule has 1 fully saturated rings. The topological polar surface area (TPSA) is 90.1 Å². The first-order chi connectivity index (χ1) is 8.75. The van der Waals surface area contributed by atoms with Crippen molar-refractivity contribution in [1.82, 2.24) is 15.3 Å². The van der Waals surface area contributed by atoms with E-state index in [4.69, 9.17) is 10.5 Å². The van der Waals surface area contributed by atoms with Crippen molar-refractivity contribution in [3.63, 3.8) is 0 Å². The lowest BCUT2D eigenvalue weighted by molar-refractivity contribution is -0.119. The maximum Gasteiger partial charge on any atom is 0.230 e. The first-order valence-electron chi connectivity index (χ1n) is 5.83. The predicted octanol–water partition coefficient (Wildman–Crippen LogP) is 0.446. The molecule has 1 amide bonds. The Kier molecular flexibility index (Phi) is 4.77. The SMILES string of the molecule is Nc1nccnc1SCC(=O)NCC1CCCO1. The Morgan fingerprint density at radius 1 is 1.56 bits per heavy atom. The van der Waals surface area contributed by atoms with Crippen LogP contribution in [0.3, 0.4) is 0 Å². The number of amides is 1. The summed E-state index contributed by atoms with van der Waals surface area (Å²) in [4.78, 5) is 19.6.